The first kappa shape index (κ1) is 16.1. The largest absolute Gasteiger partial charge is 0.339 e. The maximum Gasteiger partial charge on any atom is 0.270 e. The Hall–Kier alpha value is -1.98. The zero-order valence-corrected chi connectivity index (χ0v) is 12.1. The van der Waals surface area contributed by atoms with Gasteiger partial charge in [0.05, 0.1) is 10.5 Å². The average molecular weight is 282 g/mol. The number of nitrogens with zero attached hydrogens (tertiary/aromatic N) is 2. The molecule has 5 nitrogen and oxygen atoms in total. The van der Waals surface area contributed by atoms with E-state index in [9.17, 15) is 19.3 Å². The number of hydrogen-bond acceptors (Lipinski definition) is 3. The molecule has 1 aromatic rings. The highest BCUT2D eigenvalue weighted by molar-refractivity contribution is 5.95. The number of rotatable bonds is 5. The summed E-state index contributed by atoms with van der Waals surface area (Å²) >= 11 is 0. The summed E-state index contributed by atoms with van der Waals surface area (Å²) in [6.45, 7) is 5.27. The molecule has 1 atom stereocenters. The van der Waals surface area contributed by atoms with Gasteiger partial charge in [0.1, 0.15) is 5.82 Å². The zero-order chi connectivity index (χ0) is 15.4. The third-order valence-corrected chi connectivity index (χ3v) is 3.37. The lowest BCUT2D eigenvalue weighted by Gasteiger charge is -2.25. The number of nitro groups is 1. The van der Waals surface area contributed by atoms with Crippen molar-refractivity contribution >= 4 is 11.6 Å². The molecular formula is C14H19FN2O3. The lowest BCUT2D eigenvalue weighted by Crippen LogP contribution is -2.35. The number of aryl methyl sites for hydroxylation is 1. The summed E-state index contributed by atoms with van der Waals surface area (Å²) in [7, 11) is 1.58. The molecule has 0 aliphatic carbocycles. The average Bonchev–Trinajstić information content (AvgIpc) is 2.40. The van der Waals surface area contributed by atoms with Crippen LogP contribution >= 0.6 is 0 Å². The van der Waals surface area contributed by atoms with Crippen LogP contribution in [0.3, 0.4) is 0 Å². The fourth-order valence-electron chi connectivity index (χ4n) is 2.01. The monoisotopic (exact) mass is 282 g/mol. The molecule has 0 aromatic heterocycles. The second kappa shape index (κ2) is 6.45. The second-order valence-corrected chi connectivity index (χ2v) is 4.94. The number of halogens is 1. The zero-order valence-electron chi connectivity index (χ0n) is 12.1. The summed E-state index contributed by atoms with van der Waals surface area (Å²) in [6, 6.07) is 2.08. The van der Waals surface area contributed by atoms with E-state index in [2.05, 4.69) is 0 Å². The molecule has 0 aliphatic rings. The van der Waals surface area contributed by atoms with Crippen molar-refractivity contribution in [1.29, 1.82) is 0 Å². The number of nitro benzene ring substituents is 1. The molecule has 0 saturated carbocycles. The highest BCUT2D eigenvalue weighted by Crippen LogP contribution is 2.23. The Bertz CT molecular complexity index is 531. The van der Waals surface area contributed by atoms with Crippen LogP contribution in [-0.2, 0) is 0 Å². The van der Waals surface area contributed by atoms with Gasteiger partial charge < -0.3 is 4.90 Å². The van der Waals surface area contributed by atoms with Crippen molar-refractivity contribution in [1.82, 2.24) is 4.90 Å². The summed E-state index contributed by atoms with van der Waals surface area (Å²) < 4.78 is 14.0. The third kappa shape index (κ3) is 3.31. The first-order chi connectivity index (χ1) is 9.29. The first-order valence-corrected chi connectivity index (χ1v) is 6.51. The molecule has 1 rings (SSSR count). The Morgan fingerprint density at radius 1 is 1.50 bits per heavy atom. The molecular weight excluding hydrogens is 263 g/mol. The smallest absolute Gasteiger partial charge is 0.270 e. The van der Waals surface area contributed by atoms with Crippen molar-refractivity contribution in [3.8, 4) is 0 Å². The molecule has 0 N–H and O–H groups in total. The molecule has 0 radical (unpaired) electrons. The molecule has 0 saturated heterocycles. The van der Waals surface area contributed by atoms with Crippen LogP contribution < -0.4 is 0 Å². The Kier molecular flexibility index (Phi) is 5.19. The van der Waals surface area contributed by atoms with Crippen LogP contribution in [0.4, 0.5) is 10.1 Å². The summed E-state index contributed by atoms with van der Waals surface area (Å²) in [6.07, 6.45) is 1.69. The van der Waals surface area contributed by atoms with Gasteiger partial charge in [-0.1, -0.05) is 13.3 Å². The standard InChI is InChI=1S/C14H19FN2O3/c1-5-6-10(3)16(4)14(18)12-8-11(17(19)20)7-9(2)13(12)15/h7-8,10H,5-6H2,1-4H3. The minimum atomic E-state index is -0.698. The van der Waals surface area contributed by atoms with E-state index in [0.29, 0.717) is 0 Å². The fourth-order valence-corrected chi connectivity index (χ4v) is 2.01. The number of hydrogen-bond donors (Lipinski definition) is 0. The minimum Gasteiger partial charge on any atom is -0.339 e. The van der Waals surface area contributed by atoms with E-state index in [1.807, 2.05) is 13.8 Å². The van der Waals surface area contributed by atoms with Gasteiger partial charge in [-0.2, -0.15) is 0 Å². The van der Waals surface area contributed by atoms with Crippen molar-refractivity contribution in [3.63, 3.8) is 0 Å². The van der Waals surface area contributed by atoms with Crippen molar-refractivity contribution in [2.45, 2.75) is 39.7 Å². The van der Waals surface area contributed by atoms with E-state index < -0.39 is 16.6 Å². The van der Waals surface area contributed by atoms with E-state index in [1.165, 1.54) is 11.8 Å². The van der Waals surface area contributed by atoms with Crippen molar-refractivity contribution in [3.05, 3.63) is 39.2 Å². The highest BCUT2D eigenvalue weighted by Gasteiger charge is 2.24. The summed E-state index contributed by atoms with van der Waals surface area (Å²) in [5.74, 6) is -1.23. The molecule has 0 spiro atoms. The number of non-ortho nitro benzene ring substituents is 1. The van der Waals surface area contributed by atoms with Gasteiger partial charge in [0.15, 0.2) is 0 Å². The third-order valence-electron chi connectivity index (χ3n) is 3.37. The summed E-state index contributed by atoms with van der Waals surface area (Å²) in [5.41, 5.74) is -0.426. The van der Waals surface area contributed by atoms with Crippen molar-refractivity contribution in [2.75, 3.05) is 7.05 Å². The van der Waals surface area contributed by atoms with Crippen LogP contribution in [0.2, 0.25) is 0 Å². The minimum absolute atomic E-state index is 0.0496. The van der Waals surface area contributed by atoms with E-state index in [4.69, 9.17) is 0 Å². The molecule has 1 amide bonds. The lowest BCUT2D eigenvalue weighted by atomic mass is 10.1. The topological polar surface area (TPSA) is 63.5 Å². The van der Waals surface area contributed by atoms with Gasteiger partial charge in [0.2, 0.25) is 0 Å². The van der Waals surface area contributed by atoms with E-state index in [-0.39, 0.29) is 22.9 Å². The molecule has 0 heterocycles. The van der Waals surface area contributed by atoms with E-state index in [1.54, 1.807) is 7.05 Å². The predicted molar refractivity (Wildman–Crippen MR) is 74.3 cm³/mol. The van der Waals surface area contributed by atoms with Crippen LogP contribution in [0.15, 0.2) is 12.1 Å². The number of carbonyl (C=O) groups excluding carboxylic acids is 1. The van der Waals surface area contributed by atoms with Crippen LogP contribution in [0.5, 0.6) is 0 Å². The van der Waals surface area contributed by atoms with Crippen molar-refractivity contribution in [2.24, 2.45) is 0 Å². The molecule has 1 unspecified atom stereocenters. The predicted octanol–water partition coefficient (Wildman–Crippen LogP) is 3.30. The molecule has 20 heavy (non-hydrogen) atoms. The number of benzene rings is 1. The van der Waals surface area contributed by atoms with Gasteiger partial charge in [-0.05, 0) is 25.8 Å². The summed E-state index contributed by atoms with van der Waals surface area (Å²) in [4.78, 5) is 23.9. The molecule has 6 heteroatoms. The fraction of sp³-hybridized carbons (Fsp3) is 0.500. The van der Waals surface area contributed by atoms with Crippen LogP contribution in [0.1, 0.15) is 42.6 Å². The Morgan fingerprint density at radius 3 is 2.60 bits per heavy atom. The SMILES string of the molecule is CCCC(C)N(C)C(=O)c1cc([N+](=O)[O-])cc(C)c1F. The van der Waals surface area contributed by atoms with Gasteiger partial charge >= 0.3 is 0 Å². The summed E-state index contributed by atoms with van der Waals surface area (Å²) in [5, 5.41) is 10.8. The van der Waals surface area contributed by atoms with Crippen LogP contribution in [0.25, 0.3) is 0 Å². The second-order valence-electron chi connectivity index (χ2n) is 4.94. The van der Waals surface area contributed by atoms with Gasteiger partial charge in [0.25, 0.3) is 11.6 Å². The number of carbonyl (C=O) groups is 1. The Balaban J connectivity index is 3.18. The van der Waals surface area contributed by atoms with E-state index >= 15 is 0 Å². The normalized spacial score (nSPS) is 12.1. The molecule has 110 valence electrons. The molecule has 1 aromatic carbocycles. The first-order valence-electron chi connectivity index (χ1n) is 6.51. The Labute approximate surface area is 117 Å². The van der Waals surface area contributed by atoms with Gasteiger partial charge in [-0.15, -0.1) is 0 Å². The quantitative estimate of drug-likeness (QED) is 0.615. The molecule has 0 bridgehead atoms. The van der Waals surface area contributed by atoms with Gasteiger partial charge in [0, 0.05) is 25.2 Å². The number of amides is 1. The van der Waals surface area contributed by atoms with Gasteiger partial charge in [-0.3, -0.25) is 14.9 Å². The van der Waals surface area contributed by atoms with Gasteiger partial charge in [-0.25, -0.2) is 4.39 Å². The van der Waals surface area contributed by atoms with Crippen LogP contribution in [-0.4, -0.2) is 28.8 Å². The maximum atomic E-state index is 14.0. The van der Waals surface area contributed by atoms with E-state index in [0.717, 1.165) is 25.0 Å². The molecule has 0 fully saturated rings. The lowest BCUT2D eigenvalue weighted by molar-refractivity contribution is -0.385. The van der Waals surface area contributed by atoms with Crippen molar-refractivity contribution < 1.29 is 14.1 Å². The maximum absolute atomic E-state index is 14.0. The highest BCUT2D eigenvalue weighted by atomic mass is 19.1. The van der Waals surface area contributed by atoms with Crippen LogP contribution in [0, 0.1) is 22.9 Å². The Morgan fingerprint density at radius 2 is 2.10 bits per heavy atom. The molecule has 0 aliphatic heterocycles.